The zero-order valence-electron chi connectivity index (χ0n) is 12.3. The molecule has 0 atom stereocenters. The van der Waals surface area contributed by atoms with Gasteiger partial charge in [-0.3, -0.25) is 0 Å². The van der Waals surface area contributed by atoms with Gasteiger partial charge in [-0.05, 0) is 49.6 Å². The van der Waals surface area contributed by atoms with Crippen molar-refractivity contribution in [2.24, 2.45) is 0 Å². The molecule has 0 radical (unpaired) electrons. The van der Waals surface area contributed by atoms with Crippen LogP contribution >= 0.6 is 15.9 Å². The van der Waals surface area contributed by atoms with E-state index in [-0.39, 0.29) is 0 Å². The van der Waals surface area contributed by atoms with Crippen LogP contribution in [0.5, 0.6) is 0 Å². The highest BCUT2D eigenvalue weighted by atomic mass is 79.9. The fourth-order valence-corrected chi connectivity index (χ4v) is 3.27. The number of anilines is 2. The van der Waals surface area contributed by atoms with Crippen LogP contribution in [0, 0.1) is 6.92 Å². The summed E-state index contributed by atoms with van der Waals surface area (Å²) in [7, 11) is 0. The lowest BCUT2D eigenvalue weighted by Gasteiger charge is -2.34. The number of rotatable bonds is 3. The molecule has 0 saturated carbocycles. The van der Waals surface area contributed by atoms with Crippen LogP contribution in [0.25, 0.3) is 0 Å². The molecule has 1 N–H and O–H groups in total. The van der Waals surface area contributed by atoms with Crippen molar-refractivity contribution in [1.29, 1.82) is 0 Å². The summed E-state index contributed by atoms with van der Waals surface area (Å²) in [5.41, 5.74) is 3.89. The van der Waals surface area contributed by atoms with Gasteiger partial charge in [0.1, 0.15) is 0 Å². The zero-order valence-corrected chi connectivity index (χ0v) is 13.9. The number of piperidine rings is 1. The normalized spacial score (nSPS) is 16.0. The second kappa shape index (κ2) is 6.52. The van der Waals surface area contributed by atoms with E-state index in [0.717, 1.165) is 13.1 Å². The Morgan fingerprint density at radius 2 is 1.71 bits per heavy atom. The van der Waals surface area contributed by atoms with Gasteiger partial charge < -0.3 is 10.2 Å². The van der Waals surface area contributed by atoms with Gasteiger partial charge in [-0.2, -0.15) is 0 Å². The van der Waals surface area contributed by atoms with Gasteiger partial charge in [-0.1, -0.05) is 40.2 Å². The Bertz CT molecular complexity index is 589. The first-order valence-electron chi connectivity index (χ1n) is 7.55. The van der Waals surface area contributed by atoms with Crippen molar-refractivity contribution >= 4 is 27.3 Å². The Labute approximate surface area is 135 Å². The van der Waals surface area contributed by atoms with E-state index in [0.29, 0.717) is 6.04 Å². The molecule has 0 amide bonds. The van der Waals surface area contributed by atoms with Crippen LogP contribution in [0.3, 0.4) is 0 Å². The Morgan fingerprint density at radius 3 is 2.43 bits per heavy atom. The van der Waals surface area contributed by atoms with Crippen molar-refractivity contribution in [3.8, 4) is 0 Å². The molecule has 1 heterocycles. The average Bonchev–Trinajstić information content (AvgIpc) is 2.53. The molecule has 1 aliphatic rings. The first-order valence-corrected chi connectivity index (χ1v) is 8.35. The Morgan fingerprint density at radius 1 is 1.00 bits per heavy atom. The molecule has 0 unspecified atom stereocenters. The second-order valence-electron chi connectivity index (χ2n) is 5.65. The molecular weight excluding hydrogens is 324 g/mol. The topological polar surface area (TPSA) is 15.3 Å². The monoisotopic (exact) mass is 344 g/mol. The molecule has 110 valence electrons. The third-order valence-corrected chi connectivity index (χ3v) is 5.10. The summed E-state index contributed by atoms with van der Waals surface area (Å²) < 4.78 is 1.18. The van der Waals surface area contributed by atoms with Gasteiger partial charge >= 0.3 is 0 Å². The number of halogens is 1. The first-order chi connectivity index (χ1) is 10.2. The third-order valence-electron chi connectivity index (χ3n) is 4.24. The molecular formula is C18H21BrN2. The highest BCUT2D eigenvalue weighted by Gasteiger charge is 2.19. The quantitative estimate of drug-likeness (QED) is 0.856. The molecule has 2 aromatic carbocycles. The second-order valence-corrected chi connectivity index (χ2v) is 6.51. The van der Waals surface area contributed by atoms with Crippen molar-refractivity contribution in [3.63, 3.8) is 0 Å². The molecule has 0 aliphatic carbocycles. The van der Waals surface area contributed by atoms with Crippen LogP contribution < -0.4 is 10.2 Å². The van der Waals surface area contributed by atoms with Crippen LogP contribution in [0.2, 0.25) is 0 Å². The summed E-state index contributed by atoms with van der Waals surface area (Å²) in [6, 6.07) is 17.6. The molecule has 2 nitrogen and oxygen atoms in total. The van der Waals surface area contributed by atoms with E-state index in [2.05, 4.69) is 81.6 Å². The largest absolute Gasteiger partial charge is 0.382 e. The summed E-state index contributed by atoms with van der Waals surface area (Å²) >= 11 is 3.60. The standard InChI is InChI=1S/C18H21BrN2/c1-14-17(19)8-5-9-18(14)20-15-10-12-21(13-11-15)16-6-3-2-4-7-16/h2-9,15,20H,10-13H2,1H3. The van der Waals surface area contributed by atoms with E-state index < -0.39 is 0 Å². The van der Waals surface area contributed by atoms with Crippen LogP contribution in [-0.4, -0.2) is 19.1 Å². The van der Waals surface area contributed by atoms with Gasteiger partial charge in [0.05, 0.1) is 0 Å². The third kappa shape index (κ3) is 3.41. The molecule has 3 heteroatoms. The van der Waals surface area contributed by atoms with Gasteiger partial charge in [0.25, 0.3) is 0 Å². The lowest BCUT2D eigenvalue weighted by Crippen LogP contribution is -2.39. The van der Waals surface area contributed by atoms with Crippen molar-refractivity contribution in [3.05, 3.63) is 58.6 Å². The van der Waals surface area contributed by atoms with E-state index in [1.807, 2.05) is 0 Å². The predicted octanol–water partition coefficient (Wildman–Crippen LogP) is 4.84. The molecule has 1 fully saturated rings. The molecule has 1 aliphatic heterocycles. The maximum absolute atomic E-state index is 3.71. The van der Waals surface area contributed by atoms with E-state index in [1.54, 1.807) is 0 Å². The number of para-hydroxylation sites is 1. The number of nitrogens with one attached hydrogen (secondary N) is 1. The number of benzene rings is 2. The number of hydrogen-bond donors (Lipinski definition) is 1. The SMILES string of the molecule is Cc1c(Br)cccc1NC1CCN(c2ccccc2)CC1. The molecule has 0 bridgehead atoms. The Hall–Kier alpha value is -1.48. The van der Waals surface area contributed by atoms with E-state index >= 15 is 0 Å². The van der Waals surface area contributed by atoms with Crippen LogP contribution in [-0.2, 0) is 0 Å². The van der Waals surface area contributed by atoms with Crippen LogP contribution in [0.1, 0.15) is 18.4 Å². The summed E-state index contributed by atoms with van der Waals surface area (Å²) in [6.45, 7) is 4.40. The highest BCUT2D eigenvalue weighted by Crippen LogP contribution is 2.26. The van der Waals surface area contributed by atoms with Gasteiger partial charge in [-0.15, -0.1) is 0 Å². The van der Waals surface area contributed by atoms with Gasteiger partial charge in [0.15, 0.2) is 0 Å². The van der Waals surface area contributed by atoms with Gasteiger partial charge in [-0.25, -0.2) is 0 Å². The predicted molar refractivity (Wildman–Crippen MR) is 94.2 cm³/mol. The van der Waals surface area contributed by atoms with Crippen molar-refractivity contribution in [1.82, 2.24) is 0 Å². The summed E-state index contributed by atoms with van der Waals surface area (Å²) in [6.07, 6.45) is 2.36. The van der Waals surface area contributed by atoms with Crippen LogP contribution in [0.4, 0.5) is 11.4 Å². The molecule has 21 heavy (non-hydrogen) atoms. The minimum atomic E-state index is 0.568. The minimum Gasteiger partial charge on any atom is -0.382 e. The number of nitrogens with zero attached hydrogens (tertiary/aromatic N) is 1. The number of hydrogen-bond acceptors (Lipinski definition) is 2. The van der Waals surface area contributed by atoms with E-state index in [9.17, 15) is 0 Å². The maximum atomic E-state index is 3.71. The lowest BCUT2D eigenvalue weighted by molar-refractivity contribution is 0.526. The zero-order chi connectivity index (χ0) is 14.7. The fourth-order valence-electron chi connectivity index (χ4n) is 2.90. The molecule has 0 aromatic heterocycles. The molecule has 3 rings (SSSR count). The molecule has 1 saturated heterocycles. The highest BCUT2D eigenvalue weighted by molar-refractivity contribution is 9.10. The first kappa shape index (κ1) is 14.5. The fraction of sp³-hybridized carbons (Fsp3) is 0.333. The molecule has 2 aromatic rings. The van der Waals surface area contributed by atoms with Crippen molar-refractivity contribution < 1.29 is 0 Å². The van der Waals surface area contributed by atoms with E-state index in [4.69, 9.17) is 0 Å². The van der Waals surface area contributed by atoms with Gasteiger partial charge in [0.2, 0.25) is 0 Å². The van der Waals surface area contributed by atoms with Crippen LogP contribution in [0.15, 0.2) is 53.0 Å². The minimum absolute atomic E-state index is 0.568. The van der Waals surface area contributed by atoms with Crippen molar-refractivity contribution in [2.45, 2.75) is 25.8 Å². The molecule has 0 spiro atoms. The van der Waals surface area contributed by atoms with Gasteiger partial charge in [0, 0.05) is 35.0 Å². The lowest BCUT2D eigenvalue weighted by atomic mass is 10.0. The maximum Gasteiger partial charge on any atom is 0.0383 e. The smallest absolute Gasteiger partial charge is 0.0383 e. The average molecular weight is 345 g/mol. The Balaban J connectivity index is 1.60. The summed E-state index contributed by atoms with van der Waals surface area (Å²) in [5, 5.41) is 3.71. The van der Waals surface area contributed by atoms with Crippen molar-refractivity contribution in [2.75, 3.05) is 23.3 Å². The summed E-state index contributed by atoms with van der Waals surface area (Å²) in [5.74, 6) is 0. The summed E-state index contributed by atoms with van der Waals surface area (Å²) in [4.78, 5) is 2.48. The van der Waals surface area contributed by atoms with E-state index in [1.165, 1.54) is 34.3 Å². The Kier molecular flexibility index (Phi) is 4.49.